The molecular weight excluding hydrogens is 276 g/mol. The lowest BCUT2D eigenvalue weighted by atomic mass is 10.2. The van der Waals surface area contributed by atoms with Crippen LogP contribution in [0.5, 0.6) is 0 Å². The molecule has 0 aliphatic carbocycles. The summed E-state index contributed by atoms with van der Waals surface area (Å²) in [6.07, 6.45) is 2.72. The van der Waals surface area contributed by atoms with Gasteiger partial charge in [0.25, 0.3) is 0 Å². The van der Waals surface area contributed by atoms with Gasteiger partial charge in [-0.05, 0) is 39.2 Å². The summed E-state index contributed by atoms with van der Waals surface area (Å²) in [4.78, 5) is 14.2. The van der Waals surface area contributed by atoms with E-state index in [-0.39, 0.29) is 12.1 Å². The highest BCUT2D eigenvalue weighted by molar-refractivity contribution is 7.98. The van der Waals surface area contributed by atoms with Crippen LogP contribution in [-0.2, 0) is 9.47 Å². The number of ether oxygens (including phenoxy) is 2. The summed E-state index contributed by atoms with van der Waals surface area (Å²) < 4.78 is 10.7. The number of alkyl carbamates (subject to hydrolysis) is 1. The highest BCUT2D eigenvalue weighted by Gasteiger charge is 2.21. The zero-order chi connectivity index (χ0) is 15.0. The quantitative estimate of drug-likeness (QED) is 0.813. The van der Waals surface area contributed by atoms with Crippen molar-refractivity contribution in [2.75, 3.05) is 44.9 Å². The summed E-state index contributed by atoms with van der Waals surface area (Å²) in [5, 5.41) is 3.00. The fraction of sp³-hybridized carbons (Fsp3) is 0.929. The van der Waals surface area contributed by atoms with E-state index in [0.29, 0.717) is 0 Å². The molecule has 20 heavy (non-hydrogen) atoms. The molecular formula is C14H28N2O3S. The Labute approximate surface area is 126 Å². The van der Waals surface area contributed by atoms with Crippen LogP contribution in [0.25, 0.3) is 0 Å². The van der Waals surface area contributed by atoms with E-state index in [9.17, 15) is 4.79 Å². The number of morpholine rings is 1. The van der Waals surface area contributed by atoms with Crippen molar-refractivity contribution in [2.45, 2.75) is 38.8 Å². The maximum Gasteiger partial charge on any atom is 0.407 e. The molecule has 0 aromatic heterocycles. The monoisotopic (exact) mass is 304 g/mol. The van der Waals surface area contributed by atoms with Crippen LogP contribution < -0.4 is 5.32 Å². The van der Waals surface area contributed by atoms with Crippen molar-refractivity contribution in [3.63, 3.8) is 0 Å². The Morgan fingerprint density at radius 2 is 2.05 bits per heavy atom. The summed E-state index contributed by atoms with van der Waals surface area (Å²) >= 11 is 1.80. The molecule has 1 heterocycles. The molecule has 1 N–H and O–H groups in total. The molecule has 0 spiro atoms. The maximum atomic E-state index is 11.9. The summed E-state index contributed by atoms with van der Waals surface area (Å²) in [7, 11) is 0. The van der Waals surface area contributed by atoms with Crippen molar-refractivity contribution >= 4 is 17.9 Å². The molecule has 1 aliphatic heterocycles. The Kier molecular flexibility index (Phi) is 7.69. The standard InChI is InChI=1S/C14H28N2O3S/c1-14(2,3)19-13(17)15-12(5-10-20-4)11-16-6-8-18-9-7-16/h12H,5-11H2,1-4H3,(H,15,17)/t12-/m0/s1. The Morgan fingerprint density at radius 1 is 1.40 bits per heavy atom. The van der Waals surface area contributed by atoms with Crippen LogP contribution >= 0.6 is 11.8 Å². The number of hydrogen-bond donors (Lipinski definition) is 1. The Balaban J connectivity index is 2.43. The largest absolute Gasteiger partial charge is 0.444 e. The van der Waals surface area contributed by atoms with Crippen LogP contribution in [0.4, 0.5) is 4.79 Å². The fourth-order valence-electron chi connectivity index (χ4n) is 2.04. The van der Waals surface area contributed by atoms with E-state index in [1.54, 1.807) is 11.8 Å². The molecule has 1 atom stereocenters. The third-order valence-electron chi connectivity index (χ3n) is 2.97. The van der Waals surface area contributed by atoms with Crippen LogP contribution in [0.3, 0.4) is 0 Å². The first-order valence-electron chi connectivity index (χ1n) is 7.19. The molecule has 1 rings (SSSR count). The second-order valence-corrected chi connectivity index (χ2v) is 7.02. The number of amides is 1. The van der Waals surface area contributed by atoms with Gasteiger partial charge in [-0.1, -0.05) is 0 Å². The Bertz CT molecular complexity index is 289. The third-order valence-corrected chi connectivity index (χ3v) is 3.62. The van der Waals surface area contributed by atoms with Gasteiger partial charge in [0.15, 0.2) is 0 Å². The summed E-state index contributed by atoms with van der Waals surface area (Å²) in [5.74, 6) is 1.03. The predicted octanol–water partition coefficient (Wildman–Crippen LogP) is 1.96. The topological polar surface area (TPSA) is 50.8 Å². The first kappa shape index (κ1) is 17.6. The first-order chi connectivity index (χ1) is 9.40. The Hall–Kier alpha value is -0.460. The summed E-state index contributed by atoms with van der Waals surface area (Å²) in [5.41, 5.74) is -0.451. The van der Waals surface area contributed by atoms with Gasteiger partial charge < -0.3 is 14.8 Å². The highest BCUT2D eigenvalue weighted by Crippen LogP contribution is 2.09. The van der Waals surface area contributed by atoms with Crippen LogP contribution in [0.2, 0.25) is 0 Å². The van der Waals surface area contributed by atoms with E-state index in [2.05, 4.69) is 16.5 Å². The van der Waals surface area contributed by atoms with Crippen molar-refractivity contribution in [3.05, 3.63) is 0 Å². The Morgan fingerprint density at radius 3 is 2.60 bits per heavy atom. The maximum absolute atomic E-state index is 11.9. The van der Waals surface area contributed by atoms with Gasteiger partial charge in [-0.3, -0.25) is 4.90 Å². The van der Waals surface area contributed by atoms with Crippen LogP contribution in [-0.4, -0.2) is 67.5 Å². The molecule has 0 radical (unpaired) electrons. The van der Waals surface area contributed by atoms with Crippen molar-refractivity contribution in [1.29, 1.82) is 0 Å². The van der Waals surface area contributed by atoms with Crippen LogP contribution in [0.1, 0.15) is 27.2 Å². The van der Waals surface area contributed by atoms with E-state index >= 15 is 0 Å². The minimum absolute atomic E-state index is 0.135. The van der Waals surface area contributed by atoms with Gasteiger partial charge in [0.2, 0.25) is 0 Å². The molecule has 1 aliphatic rings. The van der Waals surface area contributed by atoms with Crippen LogP contribution in [0, 0.1) is 0 Å². The van der Waals surface area contributed by atoms with Crippen LogP contribution in [0.15, 0.2) is 0 Å². The summed E-state index contributed by atoms with van der Waals surface area (Å²) in [6.45, 7) is 9.94. The number of hydrogen-bond acceptors (Lipinski definition) is 5. The number of rotatable bonds is 6. The molecule has 5 nitrogen and oxygen atoms in total. The molecule has 1 fully saturated rings. The summed E-state index contributed by atoms with van der Waals surface area (Å²) in [6, 6.07) is 0.135. The van der Waals surface area contributed by atoms with Gasteiger partial charge in [0.05, 0.1) is 13.2 Å². The van der Waals surface area contributed by atoms with Crippen molar-refractivity contribution in [2.24, 2.45) is 0 Å². The second kappa shape index (κ2) is 8.74. The fourth-order valence-corrected chi connectivity index (χ4v) is 2.56. The molecule has 0 unspecified atom stereocenters. The third kappa shape index (κ3) is 7.97. The zero-order valence-corrected chi connectivity index (χ0v) is 13.9. The molecule has 1 saturated heterocycles. The first-order valence-corrected chi connectivity index (χ1v) is 8.58. The second-order valence-electron chi connectivity index (χ2n) is 6.04. The number of thioether (sulfide) groups is 1. The van der Waals surface area contributed by atoms with Gasteiger partial charge in [-0.15, -0.1) is 0 Å². The minimum Gasteiger partial charge on any atom is -0.444 e. The van der Waals surface area contributed by atoms with Gasteiger partial charge in [-0.25, -0.2) is 4.79 Å². The van der Waals surface area contributed by atoms with Gasteiger partial charge in [0.1, 0.15) is 5.60 Å². The van der Waals surface area contributed by atoms with Crippen molar-refractivity contribution in [1.82, 2.24) is 10.2 Å². The lowest BCUT2D eigenvalue weighted by Gasteiger charge is -2.31. The molecule has 0 aromatic carbocycles. The number of nitrogens with zero attached hydrogens (tertiary/aromatic N) is 1. The van der Waals surface area contributed by atoms with Crippen molar-refractivity contribution in [3.8, 4) is 0 Å². The molecule has 118 valence electrons. The molecule has 0 saturated carbocycles. The number of nitrogens with one attached hydrogen (secondary N) is 1. The van der Waals surface area contributed by atoms with Gasteiger partial charge in [-0.2, -0.15) is 11.8 Å². The SMILES string of the molecule is CSCC[C@@H](CN1CCOCC1)NC(=O)OC(C)(C)C. The van der Waals surface area contributed by atoms with Crippen molar-refractivity contribution < 1.29 is 14.3 Å². The molecule has 1 amide bonds. The highest BCUT2D eigenvalue weighted by atomic mass is 32.2. The van der Waals surface area contributed by atoms with E-state index < -0.39 is 5.60 Å². The van der Waals surface area contributed by atoms with E-state index in [1.165, 1.54) is 0 Å². The van der Waals surface area contributed by atoms with E-state index in [0.717, 1.165) is 45.0 Å². The molecule has 0 bridgehead atoms. The normalized spacial score (nSPS) is 18.6. The molecule has 6 heteroatoms. The zero-order valence-electron chi connectivity index (χ0n) is 13.1. The molecule has 0 aromatic rings. The number of carbonyl (C=O) groups is 1. The predicted molar refractivity (Wildman–Crippen MR) is 83.4 cm³/mol. The van der Waals surface area contributed by atoms with E-state index in [4.69, 9.17) is 9.47 Å². The lowest BCUT2D eigenvalue weighted by molar-refractivity contribution is 0.0288. The number of carbonyl (C=O) groups excluding carboxylic acids is 1. The van der Waals surface area contributed by atoms with Gasteiger partial charge >= 0.3 is 6.09 Å². The average Bonchev–Trinajstić information content (AvgIpc) is 2.35. The lowest BCUT2D eigenvalue weighted by Crippen LogP contribution is -2.48. The smallest absolute Gasteiger partial charge is 0.407 e. The van der Waals surface area contributed by atoms with E-state index in [1.807, 2.05) is 20.8 Å². The van der Waals surface area contributed by atoms with Gasteiger partial charge in [0, 0.05) is 25.7 Å². The average molecular weight is 304 g/mol. The minimum atomic E-state index is -0.451.